The number of fused-ring (bicyclic) bond motifs is 2. The van der Waals surface area contributed by atoms with Crippen LogP contribution in [0.4, 0.5) is 0 Å². The van der Waals surface area contributed by atoms with Crippen molar-refractivity contribution in [3.05, 3.63) is 47.0 Å². The number of rotatable bonds is 1. The summed E-state index contributed by atoms with van der Waals surface area (Å²) < 4.78 is 11.6. The van der Waals surface area contributed by atoms with Crippen molar-refractivity contribution in [1.82, 2.24) is 0 Å². The van der Waals surface area contributed by atoms with E-state index >= 15 is 0 Å². The van der Waals surface area contributed by atoms with Crippen molar-refractivity contribution < 1.29 is 29.6 Å². The van der Waals surface area contributed by atoms with Crippen LogP contribution in [0.5, 0.6) is 23.0 Å². The van der Waals surface area contributed by atoms with E-state index in [0.717, 1.165) is 0 Å². The number of phenols is 2. The number of ketones is 1. The molecule has 6 heteroatoms. The van der Waals surface area contributed by atoms with E-state index < -0.39 is 17.8 Å². The lowest BCUT2D eigenvalue weighted by Crippen LogP contribution is -2.46. The molecule has 2 heterocycles. The molecule has 0 aromatic heterocycles. The molecular weight excluding hydrogens is 336 g/mol. The number of carbonyl (C=O) groups excluding carboxylic acids is 1. The van der Waals surface area contributed by atoms with Crippen LogP contribution in [0.3, 0.4) is 0 Å². The predicted octanol–water partition coefficient (Wildman–Crippen LogP) is 2.88. The normalized spacial score (nSPS) is 23.4. The Hall–Kier alpha value is -2.73. The van der Waals surface area contributed by atoms with Gasteiger partial charge < -0.3 is 24.8 Å². The molecular formula is C20H20O6. The van der Waals surface area contributed by atoms with Crippen LogP contribution >= 0.6 is 0 Å². The van der Waals surface area contributed by atoms with Crippen LogP contribution in [0, 0.1) is 0 Å². The molecule has 0 aliphatic carbocycles. The van der Waals surface area contributed by atoms with Crippen LogP contribution in [0.2, 0.25) is 0 Å². The maximum absolute atomic E-state index is 12.4. The number of hydrogen-bond acceptors (Lipinski definition) is 6. The minimum Gasteiger partial charge on any atom is -0.508 e. The van der Waals surface area contributed by atoms with Gasteiger partial charge in [0.2, 0.25) is 0 Å². The van der Waals surface area contributed by atoms with Gasteiger partial charge in [-0.1, -0.05) is 0 Å². The fourth-order valence-electron chi connectivity index (χ4n) is 3.43. The van der Waals surface area contributed by atoms with Crippen molar-refractivity contribution in [2.75, 3.05) is 0 Å². The summed E-state index contributed by atoms with van der Waals surface area (Å²) in [6, 6.07) is 7.72. The number of Topliss-reactive ketones (excluding diaryl/α,β-unsaturated/α-hetero) is 1. The number of aliphatic hydroxyl groups excluding tert-OH is 1. The quantitative estimate of drug-likeness (QED) is 0.727. The van der Waals surface area contributed by atoms with E-state index in [9.17, 15) is 20.1 Å². The van der Waals surface area contributed by atoms with Crippen LogP contribution in [-0.4, -0.2) is 32.8 Å². The largest absolute Gasteiger partial charge is 0.508 e. The van der Waals surface area contributed by atoms with Crippen molar-refractivity contribution in [3.8, 4) is 23.0 Å². The van der Waals surface area contributed by atoms with Gasteiger partial charge in [-0.15, -0.1) is 0 Å². The molecule has 2 unspecified atom stereocenters. The van der Waals surface area contributed by atoms with E-state index in [1.54, 1.807) is 26.0 Å². The van der Waals surface area contributed by atoms with E-state index in [0.29, 0.717) is 34.6 Å². The Bertz CT molecular complexity index is 901. The van der Waals surface area contributed by atoms with E-state index in [1.165, 1.54) is 18.2 Å². The molecule has 0 amide bonds. The summed E-state index contributed by atoms with van der Waals surface area (Å²) in [6.45, 7) is 3.53. The molecule has 136 valence electrons. The maximum atomic E-state index is 12.4. The van der Waals surface area contributed by atoms with Gasteiger partial charge >= 0.3 is 0 Å². The Morgan fingerprint density at radius 2 is 1.88 bits per heavy atom. The third-order valence-corrected chi connectivity index (χ3v) is 5.03. The fraction of sp³-hybridized carbons (Fsp3) is 0.350. The van der Waals surface area contributed by atoms with E-state index in [4.69, 9.17) is 9.47 Å². The molecule has 26 heavy (non-hydrogen) atoms. The molecule has 2 aromatic rings. The Labute approximate surface area is 150 Å². The van der Waals surface area contributed by atoms with Crippen molar-refractivity contribution in [2.45, 2.75) is 44.5 Å². The minimum atomic E-state index is -0.792. The number of phenolic OH excluding ortho intramolecular Hbond substituents is 2. The van der Waals surface area contributed by atoms with Crippen LogP contribution < -0.4 is 9.47 Å². The maximum Gasteiger partial charge on any atom is 0.170 e. The Morgan fingerprint density at radius 3 is 2.65 bits per heavy atom. The third-order valence-electron chi connectivity index (χ3n) is 5.03. The number of aliphatic hydroxyl groups is 1. The van der Waals surface area contributed by atoms with Gasteiger partial charge in [0.05, 0.1) is 18.1 Å². The molecule has 0 fully saturated rings. The average molecular weight is 356 g/mol. The topological polar surface area (TPSA) is 96.2 Å². The zero-order valence-electron chi connectivity index (χ0n) is 14.5. The number of ether oxygens (including phenoxy) is 2. The van der Waals surface area contributed by atoms with Gasteiger partial charge in [-0.3, -0.25) is 4.79 Å². The van der Waals surface area contributed by atoms with Gasteiger partial charge in [0, 0.05) is 18.1 Å². The molecule has 3 N–H and O–H groups in total. The summed E-state index contributed by atoms with van der Waals surface area (Å²) in [6.07, 6.45) is -0.830. The smallest absolute Gasteiger partial charge is 0.170 e. The van der Waals surface area contributed by atoms with Gasteiger partial charge in [-0.25, -0.2) is 0 Å². The molecule has 2 aliphatic rings. The van der Waals surface area contributed by atoms with Crippen LogP contribution in [0.15, 0.2) is 30.3 Å². The first-order valence-corrected chi connectivity index (χ1v) is 8.50. The summed E-state index contributed by atoms with van der Waals surface area (Å²) in [4.78, 5) is 12.4. The van der Waals surface area contributed by atoms with Crippen LogP contribution in [-0.2, 0) is 6.42 Å². The van der Waals surface area contributed by atoms with Crippen molar-refractivity contribution in [3.63, 3.8) is 0 Å². The lowest BCUT2D eigenvalue weighted by atomic mass is 9.88. The molecule has 2 atom stereocenters. The number of benzene rings is 2. The summed E-state index contributed by atoms with van der Waals surface area (Å²) in [5.74, 6) is 0.551. The molecule has 2 aliphatic heterocycles. The highest BCUT2D eigenvalue weighted by Gasteiger charge is 2.38. The minimum absolute atomic E-state index is 0.0178. The van der Waals surface area contributed by atoms with Gasteiger partial charge in [0.15, 0.2) is 17.3 Å². The van der Waals surface area contributed by atoms with E-state index in [-0.39, 0.29) is 23.7 Å². The number of aromatic hydroxyl groups is 2. The molecule has 6 nitrogen and oxygen atoms in total. The molecule has 0 bridgehead atoms. The lowest BCUT2D eigenvalue weighted by Gasteiger charge is -2.37. The van der Waals surface area contributed by atoms with Crippen LogP contribution in [0.1, 0.15) is 47.9 Å². The molecule has 0 spiro atoms. The SMILES string of the molecule is CC1(C)Oc2c(O)cc(C3CC(=O)c4ccc(O)cc4O3)cc2CC1O. The summed E-state index contributed by atoms with van der Waals surface area (Å²) in [5.41, 5.74) is 0.935. The Morgan fingerprint density at radius 1 is 1.12 bits per heavy atom. The molecule has 4 rings (SSSR count). The van der Waals surface area contributed by atoms with E-state index in [1.807, 2.05) is 0 Å². The van der Waals surface area contributed by atoms with Gasteiger partial charge in [0.1, 0.15) is 23.2 Å². The first-order chi connectivity index (χ1) is 12.2. The average Bonchev–Trinajstić information content (AvgIpc) is 2.56. The van der Waals surface area contributed by atoms with Crippen molar-refractivity contribution in [2.24, 2.45) is 0 Å². The van der Waals surface area contributed by atoms with Gasteiger partial charge in [0.25, 0.3) is 0 Å². The first kappa shape index (κ1) is 16.7. The predicted molar refractivity (Wildman–Crippen MR) is 92.9 cm³/mol. The van der Waals surface area contributed by atoms with E-state index in [2.05, 4.69) is 0 Å². The monoisotopic (exact) mass is 356 g/mol. The Kier molecular flexibility index (Phi) is 3.63. The summed E-state index contributed by atoms with van der Waals surface area (Å²) in [7, 11) is 0. The van der Waals surface area contributed by atoms with Crippen molar-refractivity contribution >= 4 is 5.78 Å². The van der Waals surface area contributed by atoms with Crippen molar-refractivity contribution in [1.29, 1.82) is 0 Å². The van der Waals surface area contributed by atoms with Gasteiger partial charge in [-0.05, 0) is 43.7 Å². The second-order valence-corrected chi connectivity index (χ2v) is 7.37. The standard InChI is InChI=1S/C20H20O6/c1-20(2)18(24)7-11-5-10(6-15(23)19(11)26-20)16-9-14(22)13-4-3-12(21)8-17(13)25-16/h3-6,8,16,18,21,23-24H,7,9H2,1-2H3. The molecule has 2 aromatic carbocycles. The zero-order valence-corrected chi connectivity index (χ0v) is 14.5. The summed E-state index contributed by atoms with van der Waals surface area (Å²) in [5, 5.41) is 30.3. The first-order valence-electron chi connectivity index (χ1n) is 8.50. The zero-order chi connectivity index (χ0) is 18.6. The highest BCUT2D eigenvalue weighted by molar-refractivity contribution is 6.00. The Balaban J connectivity index is 1.71. The second-order valence-electron chi connectivity index (χ2n) is 7.37. The number of hydrogen-bond donors (Lipinski definition) is 3. The van der Waals surface area contributed by atoms with Crippen LogP contribution in [0.25, 0.3) is 0 Å². The second kappa shape index (κ2) is 5.64. The third kappa shape index (κ3) is 2.66. The molecule has 0 saturated carbocycles. The van der Waals surface area contributed by atoms with Gasteiger partial charge in [-0.2, -0.15) is 0 Å². The molecule has 0 radical (unpaired) electrons. The highest BCUT2D eigenvalue weighted by atomic mass is 16.5. The lowest BCUT2D eigenvalue weighted by molar-refractivity contribution is -0.0426. The fourth-order valence-corrected chi connectivity index (χ4v) is 3.43. The number of carbonyl (C=O) groups is 1. The molecule has 0 saturated heterocycles. The summed E-state index contributed by atoms with van der Waals surface area (Å²) >= 11 is 0. The highest BCUT2D eigenvalue weighted by Crippen LogP contribution is 2.44.